The molecule has 1 aromatic heterocycles. The third-order valence-electron chi connectivity index (χ3n) is 3.65. The Morgan fingerprint density at radius 2 is 1.88 bits per heavy atom. The van der Waals surface area contributed by atoms with Crippen LogP contribution in [0.15, 0.2) is 47.4 Å². The molecule has 0 unspecified atom stereocenters. The van der Waals surface area contributed by atoms with Gasteiger partial charge in [0.2, 0.25) is 5.43 Å². The van der Waals surface area contributed by atoms with Crippen molar-refractivity contribution >= 4 is 28.5 Å². The Kier molecular flexibility index (Phi) is 4.55. The molecule has 0 bridgehead atoms. The van der Waals surface area contributed by atoms with E-state index in [1.807, 2.05) is 0 Å². The molecule has 4 nitrogen and oxygen atoms in total. The van der Waals surface area contributed by atoms with Crippen molar-refractivity contribution in [3.63, 3.8) is 0 Å². The number of pyridine rings is 1. The summed E-state index contributed by atoms with van der Waals surface area (Å²) in [6.45, 7) is 1.71. The van der Waals surface area contributed by atoms with E-state index in [-0.39, 0.29) is 28.1 Å². The standard InChI is InChI=1S/C18H12ClF2NO3/c1-2-25-18(24)13-9-22(11-5-3-10(20)4-6-11)16-8-15(21)14(19)7-12(16)17(13)23/h3-9H,2H2,1H3. The minimum absolute atomic E-state index is 0.0567. The van der Waals surface area contributed by atoms with Gasteiger partial charge >= 0.3 is 5.97 Å². The molecule has 0 saturated carbocycles. The molecule has 0 aliphatic heterocycles. The van der Waals surface area contributed by atoms with Crippen molar-refractivity contribution in [1.29, 1.82) is 0 Å². The third kappa shape index (κ3) is 3.13. The van der Waals surface area contributed by atoms with Gasteiger partial charge in [0.1, 0.15) is 17.2 Å². The Labute approximate surface area is 146 Å². The van der Waals surface area contributed by atoms with Crippen LogP contribution in [0.25, 0.3) is 16.6 Å². The van der Waals surface area contributed by atoms with Crippen LogP contribution in [-0.4, -0.2) is 17.1 Å². The zero-order valence-electron chi connectivity index (χ0n) is 13.1. The zero-order chi connectivity index (χ0) is 18.1. The van der Waals surface area contributed by atoms with Crippen molar-refractivity contribution in [1.82, 2.24) is 4.57 Å². The van der Waals surface area contributed by atoms with Gasteiger partial charge in [-0.15, -0.1) is 0 Å². The maximum absolute atomic E-state index is 13.9. The quantitative estimate of drug-likeness (QED) is 0.658. The summed E-state index contributed by atoms with van der Waals surface area (Å²) in [6, 6.07) is 7.58. The lowest BCUT2D eigenvalue weighted by molar-refractivity contribution is 0.0524. The number of hydrogen-bond donors (Lipinski definition) is 0. The van der Waals surface area contributed by atoms with E-state index >= 15 is 0 Å². The first kappa shape index (κ1) is 17.1. The van der Waals surface area contributed by atoms with Gasteiger partial charge in [-0.1, -0.05) is 11.6 Å². The average Bonchev–Trinajstić information content (AvgIpc) is 2.58. The Bertz CT molecular complexity index is 1030. The highest BCUT2D eigenvalue weighted by Crippen LogP contribution is 2.24. The number of benzene rings is 2. The Morgan fingerprint density at radius 1 is 1.20 bits per heavy atom. The van der Waals surface area contributed by atoms with Crippen LogP contribution in [0.4, 0.5) is 8.78 Å². The van der Waals surface area contributed by atoms with Crippen molar-refractivity contribution < 1.29 is 18.3 Å². The van der Waals surface area contributed by atoms with Gasteiger partial charge in [0, 0.05) is 23.3 Å². The fourth-order valence-electron chi connectivity index (χ4n) is 2.49. The number of aromatic nitrogens is 1. The second-order valence-electron chi connectivity index (χ2n) is 5.22. The normalized spacial score (nSPS) is 10.9. The summed E-state index contributed by atoms with van der Waals surface area (Å²) < 4.78 is 33.4. The number of carbonyl (C=O) groups is 1. The first-order valence-electron chi connectivity index (χ1n) is 7.40. The summed E-state index contributed by atoms with van der Waals surface area (Å²) in [7, 11) is 0. The largest absolute Gasteiger partial charge is 0.462 e. The highest BCUT2D eigenvalue weighted by molar-refractivity contribution is 6.31. The lowest BCUT2D eigenvalue weighted by atomic mass is 10.1. The lowest BCUT2D eigenvalue weighted by Crippen LogP contribution is -2.20. The van der Waals surface area contributed by atoms with Gasteiger partial charge in [0.05, 0.1) is 17.1 Å². The minimum Gasteiger partial charge on any atom is -0.462 e. The van der Waals surface area contributed by atoms with E-state index in [0.29, 0.717) is 5.69 Å². The number of halogens is 3. The van der Waals surface area contributed by atoms with E-state index in [1.165, 1.54) is 35.0 Å². The molecule has 0 atom stereocenters. The van der Waals surface area contributed by atoms with Gasteiger partial charge in [0.15, 0.2) is 0 Å². The maximum Gasteiger partial charge on any atom is 0.343 e. The smallest absolute Gasteiger partial charge is 0.343 e. The fraction of sp³-hybridized carbons (Fsp3) is 0.111. The molecule has 3 rings (SSSR count). The number of fused-ring (bicyclic) bond motifs is 1. The predicted molar refractivity (Wildman–Crippen MR) is 90.4 cm³/mol. The highest BCUT2D eigenvalue weighted by atomic mass is 35.5. The van der Waals surface area contributed by atoms with Crippen LogP contribution < -0.4 is 5.43 Å². The van der Waals surface area contributed by atoms with Crippen molar-refractivity contribution in [2.75, 3.05) is 6.61 Å². The Balaban J connectivity index is 2.39. The van der Waals surface area contributed by atoms with Crippen LogP contribution in [0.5, 0.6) is 0 Å². The van der Waals surface area contributed by atoms with Crippen molar-refractivity contribution in [3.8, 4) is 5.69 Å². The molecule has 0 radical (unpaired) electrons. The van der Waals surface area contributed by atoms with E-state index in [1.54, 1.807) is 6.92 Å². The lowest BCUT2D eigenvalue weighted by Gasteiger charge is -2.14. The molecular weight excluding hydrogens is 352 g/mol. The van der Waals surface area contributed by atoms with Crippen LogP contribution in [0.1, 0.15) is 17.3 Å². The molecule has 128 valence electrons. The molecule has 0 aliphatic rings. The maximum atomic E-state index is 13.9. The van der Waals surface area contributed by atoms with Gasteiger partial charge in [0.25, 0.3) is 0 Å². The van der Waals surface area contributed by atoms with Gasteiger partial charge < -0.3 is 9.30 Å². The van der Waals surface area contributed by atoms with Gasteiger partial charge in [-0.3, -0.25) is 4.79 Å². The molecule has 0 amide bonds. The molecule has 1 heterocycles. The van der Waals surface area contributed by atoms with Crippen LogP contribution >= 0.6 is 11.6 Å². The second kappa shape index (κ2) is 6.64. The summed E-state index contributed by atoms with van der Waals surface area (Å²) in [5.41, 5.74) is -0.194. The molecule has 0 N–H and O–H groups in total. The molecule has 25 heavy (non-hydrogen) atoms. The van der Waals surface area contributed by atoms with Gasteiger partial charge in [-0.05, 0) is 37.3 Å². The molecule has 0 saturated heterocycles. The topological polar surface area (TPSA) is 48.3 Å². The van der Waals surface area contributed by atoms with E-state index in [4.69, 9.17) is 16.3 Å². The summed E-state index contributed by atoms with van der Waals surface area (Å²) in [6.07, 6.45) is 1.25. The van der Waals surface area contributed by atoms with Crippen molar-refractivity contribution in [2.45, 2.75) is 6.92 Å². The SMILES string of the molecule is CCOC(=O)c1cn(-c2ccc(F)cc2)c2cc(F)c(Cl)cc2c1=O. The number of ether oxygens (including phenoxy) is 1. The number of hydrogen-bond acceptors (Lipinski definition) is 3. The summed E-state index contributed by atoms with van der Waals surface area (Å²) in [4.78, 5) is 24.7. The Hall–Kier alpha value is -2.73. The second-order valence-corrected chi connectivity index (χ2v) is 5.63. The van der Waals surface area contributed by atoms with Gasteiger partial charge in [-0.25, -0.2) is 13.6 Å². The summed E-state index contributed by atoms with van der Waals surface area (Å²) in [5.74, 6) is -1.96. The van der Waals surface area contributed by atoms with Crippen molar-refractivity contribution in [2.24, 2.45) is 0 Å². The number of nitrogens with zero attached hydrogens (tertiary/aromatic N) is 1. The molecule has 7 heteroatoms. The summed E-state index contributed by atoms with van der Waals surface area (Å²) >= 11 is 5.78. The first-order chi connectivity index (χ1) is 11.9. The van der Waals surface area contributed by atoms with Crippen LogP contribution in [0, 0.1) is 11.6 Å². The van der Waals surface area contributed by atoms with Crippen LogP contribution in [0.3, 0.4) is 0 Å². The average molecular weight is 364 g/mol. The van der Waals surface area contributed by atoms with E-state index < -0.39 is 23.0 Å². The van der Waals surface area contributed by atoms with E-state index in [9.17, 15) is 18.4 Å². The molecule has 0 aliphatic carbocycles. The first-order valence-corrected chi connectivity index (χ1v) is 7.77. The molecule has 2 aromatic carbocycles. The summed E-state index contributed by atoms with van der Waals surface area (Å²) in [5, 5.41) is -0.183. The fourth-order valence-corrected chi connectivity index (χ4v) is 2.65. The third-order valence-corrected chi connectivity index (χ3v) is 3.94. The number of esters is 1. The molecule has 0 spiro atoms. The monoisotopic (exact) mass is 363 g/mol. The van der Waals surface area contributed by atoms with Crippen LogP contribution in [0.2, 0.25) is 5.02 Å². The predicted octanol–water partition coefficient (Wildman–Crippen LogP) is 4.10. The van der Waals surface area contributed by atoms with E-state index in [0.717, 1.165) is 12.1 Å². The highest BCUT2D eigenvalue weighted by Gasteiger charge is 2.18. The van der Waals surface area contributed by atoms with E-state index in [2.05, 4.69) is 0 Å². The Morgan fingerprint density at radius 3 is 2.52 bits per heavy atom. The molecule has 3 aromatic rings. The zero-order valence-corrected chi connectivity index (χ0v) is 13.8. The van der Waals surface area contributed by atoms with Gasteiger partial charge in [-0.2, -0.15) is 0 Å². The van der Waals surface area contributed by atoms with Crippen LogP contribution in [-0.2, 0) is 4.74 Å². The number of carbonyl (C=O) groups excluding carboxylic acids is 1. The minimum atomic E-state index is -0.800. The van der Waals surface area contributed by atoms with Crippen molar-refractivity contribution in [3.05, 3.63) is 75.0 Å². The molecule has 0 fully saturated rings. The molecular formula is C18H12ClF2NO3. The number of rotatable bonds is 3.